The molecule has 2 N–H and O–H groups in total. The molecule has 2 nitrogen and oxygen atoms in total. The van der Waals surface area contributed by atoms with Gasteiger partial charge in [0.1, 0.15) is 0 Å². The molecular formula is C14H21Cl2NO. The Morgan fingerprint density at radius 1 is 1.33 bits per heavy atom. The molecule has 0 saturated heterocycles. The highest BCUT2D eigenvalue weighted by molar-refractivity contribution is 6.35. The van der Waals surface area contributed by atoms with Gasteiger partial charge in [0.25, 0.3) is 0 Å². The van der Waals surface area contributed by atoms with Crippen molar-refractivity contribution in [2.75, 3.05) is 13.2 Å². The Morgan fingerprint density at radius 3 is 2.50 bits per heavy atom. The van der Waals surface area contributed by atoms with E-state index in [1.807, 2.05) is 26.0 Å². The molecule has 0 bridgehead atoms. The first-order valence-corrected chi connectivity index (χ1v) is 6.94. The van der Waals surface area contributed by atoms with Crippen molar-refractivity contribution >= 4 is 23.2 Å². The quantitative estimate of drug-likeness (QED) is 0.828. The molecule has 0 amide bonds. The van der Waals surface area contributed by atoms with Crippen LogP contribution in [0.25, 0.3) is 0 Å². The second-order valence-electron chi connectivity index (χ2n) is 5.33. The van der Waals surface area contributed by atoms with E-state index in [2.05, 4.69) is 12.2 Å². The molecule has 0 aliphatic rings. The van der Waals surface area contributed by atoms with Gasteiger partial charge in [0.05, 0.1) is 0 Å². The Hall–Kier alpha value is -0.280. The van der Waals surface area contributed by atoms with Gasteiger partial charge in [-0.25, -0.2) is 0 Å². The van der Waals surface area contributed by atoms with Crippen LogP contribution in [-0.2, 0) is 0 Å². The third kappa shape index (κ3) is 4.43. The SMILES string of the molecule is CCC(NCC(C)(C)CO)c1ccc(Cl)cc1Cl. The normalized spacial score (nSPS) is 13.7. The van der Waals surface area contributed by atoms with Gasteiger partial charge in [0.2, 0.25) is 0 Å². The van der Waals surface area contributed by atoms with Crippen LogP contribution >= 0.6 is 23.2 Å². The minimum atomic E-state index is -0.133. The molecule has 0 aliphatic heterocycles. The van der Waals surface area contributed by atoms with Gasteiger partial charge in [0.15, 0.2) is 0 Å². The van der Waals surface area contributed by atoms with Gasteiger partial charge in [-0.05, 0) is 24.1 Å². The van der Waals surface area contributed by atoms with Gasteiger partial charge >= 0.3 is 0 Å². The Kier molecular flexibility index (Phi) is 5.93. The number of aliphatic hydroxyl groups excluding tert-OH is 1. The summed E-state index contributed by atoms with van der Waals surface area (Å²) in [6.07, 6.45) is 0.933. The highest BCUT2D eigenvalue weighted by atomic mass is 35.5. The van der Waals surface area contributed by atoms with Crippen LogP contribution < -0.4 is 5.32 Å². The summed E-state index contributed by atoms with van der Waals surface area (Å²) in [4.78, 5) is 0. The van der Waals surface area contributed by atoms with E-state index in [4.69, 9.17) is 23.2 Å². The third-order valence-corrected chi connectivity index (χ3v) is 3.56. The van der Waals surface area contributed by atoms with E-state index in [1.165, 1.54) is 0 Å². The summed E-state index contributed by atoms with van der Waals surface area (Å²) in [6, 6.07) is 5.75. The molecule has 0 fully saturated rings. The van der Waals surface area contributed by atoms with Crippen molar-refractivity contribution in [3.8, 4) is 0 Å². The van der Waals surface area contributed by atoms with Crippen LogP contribution in [0.1, 0.15) is 38.8 Å². The van der Waals surface area contributed by atoms with E-state index in [1.54, 1.807) is 6.07 Å². The molecule has 0 radical (unpaired) electrons. The zero-order chi connectivity index (χ0) is 13.8. The lowest BCUT2D eigenvalue weighted by atomic mass is 9.93. The summed E-state index contributed by atoms with van der Waals surface area (Å²) in [5.74, 6) is 0. The van der Waals surface area contributed by atoms with Crippen LogP contribution in [0, 0.1) is 5.41 Å². The Balaban J connectivity index is 2.77. The molecule has 4 heteroatoms. The summed E-state index contributed by atoms with van der Waals surface area (Å²) in [7, 11) is 0. The van der Waals surface area contributed by atoms with Crippen molar-refractivity contribution in [3.63, 3.8) is 0 Å². The number of nitrogens with one attached hydrogen (secondary N) is 1. The average molecular weight is 290 g/mol. The maximum Gasteiger partial charge on any atom is 0.0494 e. The average Bonchev–Trinajstić information content (AvgIpc) is 2.32. The third-order valence-electron chi connectivity index (χ3n) is 3.00. The minimum absolute atomic E-state index is 0.133. The molecule has 0 aromatic heterocycles. The van der Waals surface area contributed by atoms with Crippen molar-refractivity contribution in [2.45, 2.75) is 33.2 Å². The molecule has 0 heterocycles. The van der Waals surface area contributed by atoms with Crippen LogP contribution in [0.4, 0.5) is 0 Å². The van der Waals surface area contributed by atoms with E-state index in [9.17, 15) is 5.11 Å². The number of halogens is 2. The fourth-order valence-corrected chi connectivity index (χ4v) is 2.25. The molecule has 102 valence electrons. The summed E-state index contributed by atoms with van der Waals surface area (Å²) in [5, 5.41) is 14.0. The van der Waals surface area contributed by atoms with Crippen molar-refractivity contribution in [2.24, 2.45) is 5.41 Å². The van der Waals surface area contributed by atoms with Gasteiger partial charge in [-0.2, -0.15) is 0 Å². The number of benzene rings is 1. The predicted octanol–water partition coefficient (Wildman–Crippen LogP) is 4.05. The molecule has 1 aromatic carbocycles. The maximum atomic E-state index is 9.26. The number of hydrogen-bond donors (Lipinski definition) is 2. The lowest BCUT2D eigenvalue weighted by molar-refractivity contribution is 0.152. The summed E-state index contributed by atoms with van der Waals surface area (Å²) >= 11 is 12.1. The molecule has 0 aliphatic carbocycles. The standard InChI is InChI=1S/C14H21Cl2NO/c1-4-13(17-8-14(2,3)9-18)11-6-5-10(15)7-12(11)16/h5-7,13,17-18H,4,8-9H2,1-3H3. The van der Waals surface area contributed by atoms with Gasteiger partial charge < -0.3 is 10.4 Å². The molecule has 1 unspecified atom stereocenters. The van der Waals surface area contributed by atoms with E-state index in [0.29, 0.717) is 10.0 Å². The first-order chi connectivity index (χ1) is 8.39. The van der Waals surface area contributed by atoms with Crippen LogP contribution in [0.2, 0.25) is 10.0 Å². The van der Waals surface area contributed by atoms with Crippen molar-refractivity contribution in [3.05, 3.63) is 33.8 Å². The Morgan fingerprint density at radius 2 is 2.00 bits per heavy atom. The van der Waals surface area contributed by atoms with E-state index in [0.717, 1.165) is 18.5 Å². The maximum absolute atomic E-state index is 9.26. The van der Waals surface area contributed by atoms with E-state index < -0.39 is 0 Å². The monoisotopic (exact) mass is 289 g/mol. The van der Waals surface area contributed by atoms with E-state index >= 15 is 0 Å². The van der Waals surface area contributed by atoms with Crippen LogP contribution in [-0.4, -0.2) is 18.3 Å². The van der Waals surface area contributed by atoms with Crippen molar-refractivity contribution in [1.29, 1.82) is 0 Å². The number of rotatable bonds is 6. The molecule has 1 rings (SSSR count). The van der Waals surface area contributed by atoms with Crippen molar-refractivity contribution < 1.29 is 5.11 Å². The zero-order valence-electron chi connectivity index (χ0n) is 11.1. The lowest BCUT2D eigenvalue weighted by Gasteiger charge is -2.26. The molecule has 0 spiro atoms. The largest absolute Gasteiger partial charge is 0.396 e. The van der Waals surface area contributed by atoms with Gasteiger partial charge in [-0.15, -0.1) is 0 Å². The molecule has 1 aromatic rings. The van der Waals surface area contributed by atoms with Crippen LogP contribution in [0.15, 0.2) is 18.2 Å². The zero-order valence-corrected chi connectivity index (χ0v) is 12.6. The summed E-state index contributed by atoms with van der Waals surface area (Å²) < 4.78 is 0. The van der Waals surface area contributed by atoms with Crippen molar-refractivity contribution in [1.82, 2.24) is 5.32 Å². The number of hydrogen-bond acceptors (Lipinski definition) is 2. The number of aliphatic hydroxyl groups is 1. The molecule has 18 heavy (non-hydrogen) atoms. The smallest absolute Gasteiger partial charge is 0.0494 e. The second-order valence-corrected chi connectivity index (χ2v) is 6.17. The Bertz CT molecular complexity index is 393. The Labute approximate surface area is 119 Å². The van der Waals surface area contributed by atoms with E-state index in [-0.39, 0.29) is 18.1 Å². The van der Waals surface area contributed by atoms with Gasteiger partial charge in [-0.3, -0.25) is 0 Å². The topological polar surface area (TPSA) is 32.3 Å². The molecule has 0 saturated carbocycles. The fourth-order valence-electron chi connectivity index (χ4n) is 1.71. The van der Waals surface area contributed by atoms with Crippen LogP contribution in [0.3, 0.4) is 0 Å². The second kappa shape index (κ2) is 6.76. The highest BCUT2D eigenvalue weighted by Gasteiger charge is 2.19. The summed E-state index contributed by atoms with van der Waals surface area (Å²) in [5.41, 5.74) is 0.920. The molecule has 1 atom stereocenters. The minimum Gasteiger partial charge on any atom is -0.396 e. The highest BCUT2D eigenvalue weighted by Crippen LogP contribution is 2.28. The predicted molar refractivity (Wildman–Crippen MR) is 78.4 cm³/mol. The van der Waals surface area contributed by atoms with Gasteiger partial charge in [0, 0.05) is 34.7 Å². The first-order valence-electron chi connectivity index (χ1n) is 6.19. The van der Waals surface area contributed by atoms with Crippen LogP contribution in [0.5, 0.6) is 0 Å². The lowest BCUT2D eigenvalue weighted by Crippen LogP contribution is -2.34. The first kappa shape index (κ1) is 15.8. The van der Waals surface area contributed by atoms with Gasteiger partial charge in [-0.1, -0.05) is 50.0 Å². The fraction of sp³-hybridized carbons (Fsp3) is 0.571. The summed E-state index contributed by atoms with van der Waals surface area (Å²) in [6.45, 7) is 7.05. The molecular weight excluding hydrogens is 269 g/mol.